The van der Waals surface area contributed by atoms with Gasteiger partial charge in [0.1, 0.15) is 29.5 Å². The summed E-state index contributed by atoms with van der Waals surface area (Å²) in [5, 5.41) is 11.1. The highest BCUT2D eigenvalue weighted by molar-refractivity contribution is 6.44. The highest BCUT2D eigenvalue weighted by Gasteiger charge is 2.23. The molecule has 230 valence electrons. The highest BCUT2D eigenvalue weighted by Crippen LogP contribution is 2.20. The summed E-state index contributed by atoms with van der Waals surface area (Å²) in [7, 11) is 3.39. The van der Waals surface area contributed by atoms with Gasteiger partial charge in [-0.3, -0.25) is 19.7 Å². The van der Waals surface area contributed by atoms with Gasteiger partial charge < -0.3 is 35.6 Å². The molecule has 1 aliphatic heterocycles. The Hall–Kier alpha value is -5.59. The second-order valence-electron chi connectivity index (χ2n) is 10.4. The average Bonchev–Trinajstić information content (AvgIpc) is 3.48. The van der Waals surface area contributed by atoms with Crippen molar-refractivity contribution in [3.8, 4) is 0 Å². The standard InChI is InChI=1S/C31H36N8O5/c1-5-13-44-31(43)36-21-11-9-20(10-12-21)16-33-28(40)24-14-22(17-38(24)3)34-29(41)25-15-23(18-39(25)4)35-30(42)27-19(2)7-6-8-26(32)37-27/h5,8-12,14-15,17-19H,1,6-7,13,16,32H2,2-4H3,(H,33,40)(H,34,41)(H,35,42)(H,36,43). The Morgan fingerprint density at radius 3 is 2.20 bits per heavy atom. The summed E-state index contributed by atoms with van der Waals surface area (Å²) >= 11 is 0. The summed E-state index contributed by atoms with van der Waals surface area (Å²) in [5.74, 6) is -0.872. The van der Waals surface area contributed by atoms with Crippen LogP contribution in [0.1, 0.15) is 46.3 Å². The van der Waals surface area contributed by atoms with Gasteiger partial charge in [0.15, 0.2) is 0 Å². The lowest BCUT2D eigenvalue weighted by Gasteiger charge is -2.11. The van der Waals surface area contributed by atoms with Crippen LogP contribution in [0.15, 0.2) is 78.3 Å². The first-order chi connectivity index (χ1) is 21.0. The molecule has 44 heavy (non-hydrogen) atoms. The van der Waals surface area contributed by atoms with Crippen LogP contribution in [0.25, 0.3) is 0 Å². The Bertz CT molecular complexity index is 1630. The molecule has 0 saturated carbocycles. The second kappa shape index (κ2) is 14.1. The normalized spacial score (nSPS) is 14.4. The number of hydrogen-bond donors (Lipinski definition) is 5. The fraction of sp³-hybridized carbons (Fsp3) is 0.258. The summed E-state index contributed by atoms with van der Waals surface area (Å²) in [4.78, 5) is 54.8. The van der Waals surface area contributed by atoms with E-state index in [9.17, 15) is 19.2 Å². The highest BCUT2D eigenvalue weighted by atomic mass is 16.5. The summed E-state index contributed by atoms with van der Waals surface area (Å²) in [6.07, 6.45) is 7.45. The van der Waals surface area contributed by atoms with Gasteiger partial charge in [0.2, 0.25) is 0 Å². The molecule has 3 heterocycles. The maximum Gasteiger partial charge on any atom is 0.411 e. The SMILES string of the molecule is C=CCOC(=O)Nc1ccc(CNC(=O)c2cc(NC(=O)c3cc(NC(=O)C4=NC(N)=CCCC4C)cn3C)cn2C)cc1. The predicted molar refractivity (Wildman–Crippen MR) is 168 cm³/mol. The lowest BCUT2D eigenvalue weighted by Crippen LogP contribution is -2.28. The molecule has 0 bridgehead atoms. The fourth-order valence-electron chi connectivity index (χ4n) is 4.56. The topological polar surface area (TPSA) is 174 Å². The molecule has 13 heteroatoms. The van der Waals surface area contributed by atoms with Gasteiger partial charge in [0.25, 0.3) is 17.7 Å². The number of rotatable bonds is 10. The van der Waals surface area contributed by atoms with Crippen LogP contribution in [0.2, 0.25) is 0 Å². The summed E-state index contributed by atoms with van der Waals surface area (Å²) < 4.78 is 8.09. The van der Waals surface area contributed by atoms with Crippen molar-refractivity contribution in [2.45, 2.75) is 26.3 Å². The van der Waals surface area contributed by atoms with Gasteiger partial charge in [-0.25, -0.2) is 9.79 Å². The molecular weight excluding hydrogens is 564 g/mol. The van der Waals surface area contributed by atoms with E-state index >= 15 is 0 Å². The Morgan fingerprint density at radius 1 is 0.955 bits per heavy atom. The van der Waals surface area contributed by atoms with Crippen LogP contribution >= 0.6 is 0 Å². The van der Waals surface area contributed by atoms with Crippen molar-refractivity contribution < 1.29 is 23.9 Å². The zero-order chi connectivity index (χ0) is 31.8. The zero-order valence-electron chi connectivity index (χ0n) is 24.8. The summed E-state index contributed by atoms with van der Waals surface area (Å²) in [5.41, 5.74) is 9.08. The third kappa shape index (κ3) is 8.03. The number of nitrogens with zero attached hydrogens (tertiary/aromatic N) is 3. The van der Waals surface area contributed by atoms with Crippen LogP contribution in [-0.4, -0.2) is 45.3 Å². The molecule has 3 aromatic rings. The van der Waals surface area contributed by atoms with Crippen LogP contribution < -0.4 is 27.0 Å². The molecule has 4 rings (SSSR count). The second-order valence-corrected chi connectivity index (χ2v) is 10.4. The van der Waals surface area contributed by atoms with Crippen molar-refractivity contribution >= 4 is 46.6 Å². The van der Waals surface area contributed by atoms with Crippen molar-refractivity contribution in [3.05, 3.63) is 90.3 Å². The van der Waals surface area contributed by atoms with E-state index < -0.39 is 12.0 Å². The molecule has 1 unspecified atom stereocenters. The van der Waals surface area contributed by atoms with E-state index in [0.29, 0.717) is 40.0 Å². The van der Waals surface area contributed by atoms with Crippen LogP contribution in [0.4, 0.5) is 21.9 Å². The van der Waals surface area contributed by atoms with E-state index in [4.69, 9.17) is 10.5 Å². The number of hydrogen-bond acceptors (Lipinski definition) is 7. The van der Waals surface area contributed by atoms with E-state index in [2.05, 4.69) is 32.8 Å². The number of nitrogens with two attached hydrogens (primary N) is 1. The van der Waals surface area contributed by atoms with E-state index in [1.54, 1.807) is 78.1 Å². The maximum absolute atomic E-state index is 13.1. The third-order valence-corrected chi connectivity index (χ3v) is 6.88. The van der Waals surface area contributed by atoms with Gasteiger partial charge in [-0.2, -0.15) is 0 Å². The minimum atomic E-state index is -0.587. The van der Waals surface area contributed by atoms with Crippen molar-refractivity contribution in [3.63, 3.8) is 0 Å². The molecule has 0 spiro atoms. The maximum atomic E-state index is 13.1. The number of carbonyl (C=O) groups excluding carboxylic acids is 4. The monoisotopic (exact) mass is 600 g/mol. The number of amides is 4. The first-order valence-corrected chi connectivity index (χ1v) is 14.0. The van der Waals surface area contributed by atoms with E-state index in [1.807, 2.05) is 6.92 Å². The lowest BCUT2D eigenvalue weighted by atomic mass is 10.00. The van der Waals surface area contributed by atoms with Crippen molar-refractivity contribution in [1.82, 2.24) is 14.5 Å². The quantitative estimate of drug-likeness (QED) is 0.221. The fourth-order valence-corrected chi connectivity index (χ4v) is 4.56. The van der Waals surface area contributed by atoms with Crippen molar-refractivity contribution in [1.29, 1.82) is 0 Å². The molecule has 0 fully saturated rings. The minimum Gasteiger partial charge on any atom is -0.445 e. The largest absolute Gasteiger partial charge is 0.445 e. The minimum absolute atomic E-state index is 0.0639. The van der Waals surface area contributed by atoms with Gasteiger partial charge in [-0.15, -0.1) is 0 Å². The van der Waals surface area contributed by atoms with Crippen LogP contribution in [0.5, 0.6) is 0 Å². The number of nitrogens with one attached hydrogen (secondary N) is 4. The first-order valence-electron chi connectivity index (χ1n) is 14.0. The molecule has 6 N–H and O–H groups in total. The Morgan fingerprint density at radius 2 is 1.57 bits per heavy atom. The molecule has 0 radical (unpaired) electrons. The third-order valence-electron chi connectivity index (χ3n) is 6.88. The smallest absolute Gasteiger partial charge is 0.411 e. The molecule has 1 atom stereocenters. The van der Waals surface area contributed by atoms with E-state index in [0.717, 1.165) is 18.4 Å². The van der Waals surface area contributed by atoms with Crippen LogP contribution in [-0.2, 0) is 30.2 Å². The number of benzene rings is 1. The summed E-state index contributed by atoms with van der Waals surface area (Å²) in [6.45, 7) is 5.77. The summed E-state index contributed by atoms with van der Waals surface area (Å²) in [6, 6.07) is 10.1. The molecule has 0 aliphatic carbocycles. The Labute approximate surface area is 254 Å². The number of aryl methyl sites for hydroxylation is 2. The average molecular weight is 601 g/mol. The van der Waals surface area contributed by atoms with Gasteiger partial charge in [0.05, 0.1) is 11.4 Å². The Balaban J connectivity index is 1.33. The number of aliphatic imine (C=N–C) groups is 1. The number of ether oxygens (including phenoxy) is 1. The van der Waals surface area contributed by atoms with E-state index in [-0.39, 0.29) is 30.9 Å². The van der Waals surface area contributed by atoms with Gasteiger partial charge in [-0.1, -0.05) is 31.7 Å². The number of allylic oxidation sites excluding steroid dienone is 1. The van der Waals surface area contributed by atoms with Gasteiger partial charge in [0, 0.05) is 44.6 Å². The molecule has 1 aliphatic rings. The predicted octanol–water partition coefficient (Wildman–Crippen LogP) is 3.89. The molecule has 2 aromatic heterocycles. The number of aromatic nitrogens is 2. The molecule has 1 aromatic carbocycles. The van der Waals surface area contributed by atoms with Crippen LogP contribution in [0, 0.1) is 5.92 Å². The van der Waals surface area contributed by atoms with Crippen molar-refractivity contribution in [2.24, 2.45) is 30.7 Å². The Kier molecular flexibility index (Phi) is 10.0. The molecular formula is C31H36N8O5. The number of carbonyl (C=O) groups is 4. The van der Waals surface area contributed by atoms with Crippen LogP contribution in [0.3, 0.4) is 0 Å². The lowest BCUT2D eigenvalue weighted by molar-refractivity contribution is -0.110. The van der Waals surface area contributed by atoms with Crippen molar-refractivity contribution in [2.75, 3.05) is 22.6 Å². The molecule has 4 amide bonds. The number of anilines is 3. The molecule has 13 nitrogen and oxygen atoms in total. The van der Waals surface area contributed by atoms with Gasteiger partial charge in [-0.05, 0) is 48.7 Å². The first kappa shape index (κ1) is 31.3. The molecule has 0 saturated heterocycles. The zero-order valence-corrected chi connectivity index (χ0v) is 24.8. The van der Waals surface area contributed by atoms with Gasteiger partial charge >= 0.3 is 6.09 Å². The van der Waals surface area contributed by atoms with E-state index in [1.165, 1.54) is 6.08 Å².